The molecule has 40 heavy (non-hydrogen) atoms. The number of hydrogen-bond donors (Lipinski definition) is 3. The molecule has 0 saturated carbocycles. The van der Waals surface area contributed by atoms with Gasteiger partial charge in [0.2, 0.25) is 0 Å². The first-order chi connectivity index (χ1) is 18.7. The molecule has 0 radical (unpaired) electrons. The number of halogens is 5. The third-order valence-corrected chi connectivity index (χ3v) is 7.26. The number of carbonyl (C=O) groups is 2. The summed E-state index contributed by atoms with van der Waals surface area (Å²) in [5.41, 5.74) is 1.65. The Hall–Kier alpha value is -4.04. The number of benzene rings is 3. The highest BCUT2D eigenvalue weighted by Crippen LogP contribution is 2.31. The third-order valence-electron chi connectivity index (χ3n) is 5.65. The van der Waals surface area contributed by atoms with E-state index in [1.165, 1.54) is 24.3 Å². The van der Waals surface area contributed by atoms with E-state index in [2.05, 4.69) is 9.62 Å². The summed E-state index contributed by atoms with van der Waals surface area (Å²) in [6.07, 6.45) is -5.08. The third kappa shape index (κ3) is 7.99. The van der Waals surface area contributed by atoms with Crippen LogP contribution < -0.4 is 14.5 Å². The molecule has 3 aromatic carbocycles. The molecule has 1 fully saturated rings. The van der Waals surface area contributed by atoms with Crippen LogP contribution in [-0.4, -0.2) is 62.9 Å². The molecule has 9 nitrogen and oxygen atoms in total. The Balaban J connectivity index is 0.000000559. The van der Waals surface area contributed by atoms with Crippen molar-refractivity contribution < 1.29 is 45.8 Å². The van der Waals surface area contributed by atoms with Crippen LogP contribution in [0, 0.1) is 5.82 Å². The Morgan fingerprint density at radius 2 is 1.45 bits per heavy atom. The van der Waals surface area contributed by atoms with Gasteiger partial charge < -0.3 is 20.0 Å². The number of carboxylic acids is 2. The highest BCUT2D eigenvalue weighted by atomic mass is 35.5. The smallest absolute Gasteiger partial charge is 0.478 e. The molecule has 0 aliphatic carbocycles. The van der Waals surface area contributed by atoms with Gasteiger partial charge in [0.15, 0.2) is 0 Å². The van der Waals surface area contributed by atoms with Gasteiger partial charge in [-0.3, -0.25) is 4.72 Å². The van der Waals surface area contributed by atoms with Gasteiger partial charge in [0.05, 0.1) is 21.8 Å². The molecular formula is C25H22ClF4N3O6S. The van der Waals surface area contributed by atoms with Gasteiger partial charge >= 0.3 is 18.1 Å². The molecule has 4 rings (SSSR count). The van der Waals surface area contributed by atoms with Gasteiger partial charge in [-0.25, -0.2) is 22.4 Å². The zero-order chi connectivity index (χ0) is 29.7. The molecule has 15 heteroatoms. The number of nitrogens with zero attached hydrogens (tertiary/aromatic N) is 2. The number of nitrogens with one attached hydrogen (secondary N) is 1. The molecule has 1 aliphatic rings. The molecule has 214 valence electrons. The SMILES string of the molecule is O=C(O)C(F)(F)F.O=C(O)c1ccc(N2CCN(c3ccc(Cl)cc3)CC2)c(NS(=O)(=O)c2cccc(F)c2)c1. The van der Waals surface area contributed by atoms with Crippen molar-refractivity contribution in [2.75, 3.05) is 40.7 Å². The predicted molar refractivity (Wildman–Crippen MR) is 140 cm³/mol. The van der Waals surface area contributed by atoms with Crippen LogP contribution in [0.3, 0.4) is 0 Å². The number of hydrogen-bond acceptors (Lipinski definition) is 6. The predicted octanol–water partition coefficient (Wildman–Crippen LogP) is 4.94. The lowest BCUT2D eigenvalue weighted by atomic mass is 10.1. The summed E-state index contributed by atoms with van der Waals surface area (Å²) in [5, 5.41) is 17.2. The van der Waals surface area contributed by atoms with Crippen molar-refractivity contribution in [1.29, 1.82) is 0 Å². The standard InChI is InChI=1S/C23H21ClFN3O4S.C2HF3O2/c24-17-5-7-19(8-6-17)27-10-12-28(13-11-27)22-9-4-16(23(29)30)14-21(22)26-33(31,32)20-3-1-2-18(25)15-20;3-2(4,5)1(6)7/h1-9,14-15,26H,10-13H2,(H,29,30);(H,6,7). The molecule has 3 N–H and O–H groups in total. The van der Waals surface area contributed by atoms with E-state index in [1.54, 1.807) is 6.07 Å². The van der Waals surface area contributed by atoms with E-state index in [0.29, 0.717) is 36.9 Å². The van der Waals surface area contributed by atoms with Crippen LogP contribution in [0.1, 0.15) is 10.4 Å². The van der Waals surface area contributed by atoms with Crippen LogP contribution in [0.4, 0.5) is 34.6 Å². The maximum absolute atomic E-state index is 13.6. The summed E-state index contributed by atoms with van der Waals surface area (Å²) in [6, 6.07) is 16.5. The van der Waals surface area contributed by atoms with Crippen molar-refractivity contribution in [2.24, 2.45) is 0 Å². The lowest BCUT2D eigenvalue weighted by Crippen LogP contribution is -2.46. The highest BCUT2D eigenvalue weighted by Gasteiger charge is 2.38. The van der Waals surface area contributed by atoms with Crippen LogP contribution >= 0.6 is 11.6 Å². The summed E-state index contributed by atoms with van der Waals surface area (Å²) in [7, 11) is -4.13. The summed E-state index contributed by atoms with van der Waals surface area (Å²) in [5.74, 6) is -4.62. The van der Waals surface area contributed by atoms with Crippen molar-refractivity contribution in [3.8, 4) is 0 Å². The van der Waals surface area contributed by atoms with Crippen molar-refractivity contribution in [1.82, 2.24) is 0 Å². The average molecular weight is 604 g/mol. The summed E-state index contributed by atoms with van der Waals surface area (Å²) in [4.78, 5) is 24.3. The number of rotatable bonds is 6. The zero-order valence-electron chi connectivity index (χ0n) is 20.4. The van der Waals surface area contributed by atoms with Gasteiger partial charge in [0.25, 0.3) is 10.0 Å². The normalized spacial score (nSPS) is 13.7. The summed E-state index contributed by atoms with van der Waals surface area (Å²) >= 11 is 5.97. The number of aliphatic carboxylic acids is 1. The van der Waals surface area contributed by atoms with Crippen molar-refractivity contribution in [3.63, 3.8) is 0 Å². The number of carboxylic acid groups (broad SMARTS) is 2. The second-order valence-corrected chi connectivity index (χ2v) is 10.5. The van der Waals surface area contributed by atoms with E-state index in [4.69, 9.17) is 21.5 Å². The highest BCUT2D eigenvalue weighted by molar-refractivity contribution is 7.92. The quantitative estimate of drug-likeness (QED) is 0.338. The number of sulfonamides is 1. The maximum atomic E-state index is 13.6. The van der Waals surface area contributed by atoms with Crippen LogP contribution in [-0.2, 0) is 14.8 Å². The molecule has 3 aromatic rings. The van der Waals surface area contributed by atoms with Crippen molar-refractivity contribution >= 4 is 50.6 Å². The minimum absolute atomic E-state index is 0.0597. The first-order valence-corrected chi connectivity index (χ1v) is 13.2. The van der Waals surface area contributed by atoms with Gasteiger partial charge in [-0.1, -0.05) is 17.7 Å². The lowest BCUT2D eigenvalue weighted by molar-refractivity contribution is -0.192. The van der Waals surface area contributed by atoms with Gasteiger partial charge in [-0.15, -0.1) is 0 Å². The fourth-order valence-electron chi connectivity index (χ4n) is 3.72. The van der Waals surface area contributed by atoms with Crippen molar-refractivity contribution in [2.45, 2.75) is 11.1 Å². The molecule has 0 spiro atoms. The Bertz CT molecular complexity index is 1480. The molecule has 0 unspecified atom stereocenters. The first kappa shape index (κ1) is 30.5. The minimum Gasteiger partial charge on any atom is -0.478 e. The van der Waals surface area contributed by atoms with Crippen LogP contribution in [0.15, 0.2) is 71.6 Å². The Labute approximate surface area is 231 Å². The fourth-order valence-corrected chi connectivity index (χ4v) is 4.94. The Kier molecular flexibility index (Phi) is 9.48. The van der Waals surface area contributed by atoms with Gasteiger partial charge in [-0.2, -0.15) is 13.2 Å². The van der Waals surface area contributed by atoms with E-state index in [9.17, 15) is 35.9 Å². The molecule has 0 aromatic heterocycles. The first-order valence-electron chi connectivity index (χ1n) is 11.4. The van der Waals surface area contributed by atoms with Crippen LogP contribution in [0.2, 0.25) is 5.02 Å². The van der Waals surface area contributed by atoms with Gasteiger partial charge in [-0.05, 0) is 60.7 Å². The van der Waals surface area contributed by atoms with E-state index in [-0.39, 0.29) is 16.1 Å². The van der Waals surface area contributed by atoms with E-state index >= 15 is 0 Å². The summed E-state index contributed by atoms with van der Waals surface area (Å²) < 4.78 is 73.5. The molecule has 0 atom stereocenters. The fraction of sp³-hybridized carbons (Fsp3) is 0.200. The molecule has 0 bridgehead atoms. The van der Waals surface area contributed by atoms with Crippen molar-refractivity contribution in [3.05, 3.63) is 83.1 Å². The molecule has 1 saturated heterocycles. The average Bonchev–Trinajstić information content (AvgIpc) is 2.89. The number of piperazine rings is 1. The molecular weight excluding hydrogens is 582 g/mol. The monoisotopic (exact) mass is 603 g/mol. The van der Waals surface area contributed by atoms with Crippen LogP contribution in [0.5, 0.6) is 0 Å². The Morgan fingerprint density at radius 3 is 1.98 bits per heavy atom. The largest absolute Gasteiger partial charge is 0.490 e. The zero-order valence-corrected chi connectivity index (χ0v) is 22.0. The molecule has 1 heterocycles. The second kappa shape index (κ2) is 12.4. The lowest BCUT2D eigenvalue weighted by Gasteiger charge is -2.38. The van der Waals surface area contributed by atoms with E-state index < -0.39 is 34.0 Å². The molecule has 0 amide bonds. The second-order valence-electron chi connectivity index (χ2n) is 8.35. The topological polar surface area (TPSA) is 127 Å². The maximum Gasteiger partial charge on any atom is 0.490 e. The number of aromatic carboxylic acids is 1. The number of alkyl halides is 3. The molecule has 1 aliphatic heterocycles. The Morgan fingerprint density at radius 1 is 0.875 bits per heavy atom. The van der Waals surface area contributed by atoms with Gasteiger partial charge in [0.1, 0.15) is 5.82 Å². The minimum atomic E-state index is -5.08. The van der Waals surface area contributed by atoms with Gasteiger partial charge in [0, 0.05) is 36.9 Å². The van der Waals surface area contributed by atoms with E-state index in [1.807, 2.05) is 29.2 Å². The number of anilines is 3. The van der Waals surface area contributed by atoms with Crippen LogP contribution in [0.25, 0.3) is 0 Å². The van der Waals surface area contributed by atoms with E-state index in [0.717, 1.165) is 17.8 Å². The summed E-state index contributed by atoms with van der Waals surface area (Å²) in [6.45, 7) is 2.53.